The fourth-order valence-electron chi connectivity index (χ4n) is 4.49. The molecular formula is C20H30N2O4. The highest BCUT2D eigenvalue weighted by Gasteiger charge is 2.49. The molecule has 0 spiro atoms. The Morgan fingerprint density at radius 1 is 1.19 bits per heavy atom. The third kappa shape index (κ3) is 3.47. The monoisotopic (exact) mass is 362 g/mol. The van der Waals surface area contributed by atoms with Crippen molar-refractivity contribution < 1.29 is 19.0 Å². The Bertz CT molecular complexity index is 624. The Morgan fingerprint density at radius 3 is 2.58 bits per heavy atom. The molecule has 1 aliphatic carbocycles. The molecule has 0 bridgehead atoms. The molecule has 26 heavy (non-hydrogen) atoms. The molecule has 0 unspecified atom stereocenters. The number of hydrogen-bond acceptors (Lipinski definition) is 5. The van der Waals surface area contributed by atoms with Crippen molar-refractivity contribution in [2.45, 2.75) is 32.1 Å². The minimum atomic E-state index is -0.216. The summed E-state index contributed by atoms with van der Waals surface area (Å²) in [5, 5.41) is 6.60. The number of fused-ring (bicyclic) bond motifs is 1. The van der Waals surface area contributed by atoms with E-state index in [0.29, 0.717) is 36.1 Å². The average molecular weight is 362 g/mol. The molecule has 1 amide bonds. The summed E-state index contributed by atoms with van der Waals surface area (Å²) in [4.78, 5) is 13.0. The fraction of sp³-hybridized carbons (Fsp3) is 0.650. The van der Waals surface area contributed by atoms with Crippen molar-refractivity contribution in [3.63, 3.8) is 0 Å². The van der Waals surface area contributed by atoms with Crippen LogP contribution in [0.4, 0.5) is 0 Å². The van der Waals surface area contributed by atoms with Gasteiger partial charge in [0.05, 0.1) is 26.7 Å². The molecule has 2 atom stereocenters. The van der Waals surface area contributed by atoms with Gasteiger partial charge in [-0.05, 0) is 31.7 Å². The second kappa shape index (κ2) is 8.16. The maximum Gasteiger partial charge on any atom is 0.227 e. The van der Waals surface area contributed by atoms with E-state index in [1.165, 1.54) is 6.42 Å². The van der Waals surface area contributed by atoms with Crippen LogP contribution in [0.3, 0.4) is 0 Å². The largest absolute Gasteiger partial charge is 0.496 e. The van der Waals surface area contributed by atoms with Crippen LogP contribution in [0.15, 0.2) is 12.1 Å². The van der Waals surface area contributed by atoms with Gasteiger partial charge in [-0.15, -0.1) is 0 Å². The van der Waals surface area contributed by atoms with E-state index in [2.05, 4.69) is 10.6 Å². The van der Waals surface area contributed by atoms with Gasteiger partial charge in [-0.2, -0.15) is 0 Å². The number of ether oxygens (including phenoxy) is 3. The van der Waals surface area contributed by atoms with Crippen LogP contribution >= 0.6 is 0 Å². The van der Waals surface area contributed by atoms with Crippen LogP contribution in [0.25, 0.3) is 0 Å². The van der Waals surface area contributed by atoms with Crippen LogP contribution in [0.1, 0.15) is 31.2 Å². The first-order valence-electron chi connectivity index (χ1n) is 9.42. The van der Waals surface area contributed by atoms with Crippen LogP contribution in [0.5, 0.6) is 17.2 Å². The molecule has 3 rings (SSSR count). The summed E-state index contributed by atoms with van der Waals surface area (Å²) < 4.78 is 16.3. The van der Waals surface area contributed by atoms with Gasteiger partial charge in [0.15, 0.2) is 0 Å². The van der Waals surface area contributed by atoms with Gasteiger partial charge in [-0.1, -0.05) is 12.8 Å². The highest BCUT2D eigenvalue weighted by atomic mass is 16.5. The van der Waals surface area contributed by atoms with E-state index in [9.17, 15) is 4.79 Å². The molecule has 1 aromatic carbocycles. The van der Waals surface area contributed by atoms with E-state index in [1.807, 2.05) is 12.1 Å². The van der Waals surface area contributed by atoms with Gasteiger partial charge in [0.2, 0.25) is 5.91 Å². The zero-order chi connectivity index (χ0) is 18.6. The summed E-state index contributed by atoms with van der Waals surface area (Å²) >= 11 is 0. The minimum absolute atomic E-state index is 0.193. The molecule has 6 nitrogen and oxygen atoms in total. The molecule has 6 heteroatoms. The van der Waals surface area contributed by atoms with E-state index in [1.54, 1.807) is 21.3 Å². The maximum atomic E-state index is 13.0. The van der Waals surface area contributed by atoms with E-state index >= 15 is 0 Å². The number of carbonyl (C=O) groups is 1. The number of hydrogen-bond donors (Lipinski definition) is 2. The lowest BCUT2D eigenvalue weighted by atomic mass is 9.67. The van der Waals surface area contributed by atoms with Gasteiger partial charge in [-0.3, -0.25) is 4.79 Å². The van der Waals surface area contributed by atoms with Crippen molar-refractivity contribution in [2.75, 3.05) is 41.0 Å². The molecule has 1 aromatic rings. The van der Waals surface area contributed by atoms with Crippen LogP contribution in [-0.4, -0.2) is 46.9 Å². The van der Waals surface area contributed by atoms with Crippen molar-refractivity contribution in [1.82, 2.24) is 10.6 Å². The van der Waals surface area contributed by atoms with Gasteiger partial charge in [-0.25, -0.2) is 0 Å². The van der Waals surface area contributed by atoms with Crippen molar-refractivity contribution in [3.8, 4) is 17.2 Å². The summed E-state index contributed by atoms with van der Waals surface area (Å²) in [6.45, 7) is 2.33. The van der Waals surface area contributed by atoms with Crippen molar-refractivity contribution >= 4 is 5.91 Å². The van der Waals surface area contributed by atoms with Crippen LogP contribution in [-0.2, 0) is 11.2 Å². The Kier molecular flexibility index (Phi) is 5.91. The highest BCUT2D eigenvalue weighted by Crippen LogP contribution is 2.44. The Labute approximate surface area is 155 Å². The Balaban J connectivity index is 1.67. The van der Waals surface area contributed by atoms with E-state index in [4.69, 9.17) is 14.2 Å². The van der Waals surface area contributed by atoms with Crippen LogP contribution in [0.2, 0.25) is 0 Å². The number of nitrogens with one attached hydrogen (secondary N) is 2. The molecule has 1 saturated carbocycles. The van der Waals surface area contributed by atoms with E-state index in [0.717, 1.165) is 37.9 Å². The molecule has 1 heterocycles. The number of methoxy groups -OCH3 is 3. The van der Waals surface area contributed by atoms with E-state index in [-0.39, 0.29) is 11.3 Å². The van der Waals surface area contributed by atoms with Crippen LogP contribution in [0, 0.1) is 11.3 Å². The number of benzene rings is 1. The minimum Gasteiger partial charge on any atom is -0.496 e. The van der Waals surface area contributed by atoms with Gasteiger partial charge in [0.1, 0.15) is 17.2 Å². The topological polar surface area (TPSA) is 68.8 Å². The van der Waals surface area contributed by atoms with Crippen LogP contribution < -0.4 is 24.8 Å². The predicted molar refractivity (Wildman–Crippen MR) is 100 cm³/mol. The SMILES string of the molecule is COc1cc(OC)c(CCNC(=O)[C@@]23CCCC[C@H]2CNC3)c(OC)c1. The summed E-state index contributed by atoms with van der Waals surface area (Å²) in [6.07, 6.45) is 5.18. The standard InChI is InChI=1S/C20H30N2O4/c1-24-15-10-17(25-2)16(18(11-15)26-3)7-9-22-19(23)20-8-5-4-6-14(20)12-21-13-20/h10-11,14,21H,4-9,12-13H2,1-3H3,(H,22,23)/t14-,20+/m0/s1. The first kappa shape index (κ1) is 18.8. The summed E-state index contributed by atoms with van der Waals surface area (Å²) in [6, 6.07) is 3.69. The zero-order valence-electron chi connectivity index (χ0n) is 16.0. The van der Waals surface area contributed by atoms with Crippen molar-refractivity contribution in [1.29, 1.82) is 0 Å². The van der Waals surface area contributed by atoms with Gasteiger partial charge in [0.25, 0.3) is 0 Å². The highest BCUT2D eigenvalue weighted by molar-refractivity contribution is 5.84. The first-order chi connectivity index (χ1) is 12.6. The van der Waals surface area contributed by atoms with Crippen molar-refractivity contribution in [2.24, 2.45) is 11.3 Å². The molecular weight excluding hydrogens is 332 g/mol. The van der Waals surface area contributed by atoms with Gasteiger partial charge < -0.3 is 24.8 Å². The van der Waals surface area contributed by atoms with Gasteiger partial charge >= 0.3 is 0 Å². The first-order valence-corrected chi connectivity index (χ1v) is 9.42. The Morgan fingerprint density at radius 2 is 1.92 bits per heavy atom. The Hall–Kier alpha value is -1.95. The number of amides is 1. The third-order valence-electron chi connectivity index (χ3n) is 5.97. The lowest BCUT2D eigenvalue weighted by Gasteiger charge is -2.37. The molecule has 1 aliphatic heterocycles. The number of carbonyl (C=O) groups excluding carboxylic acids is 1. The molecule has 0 aromatic heterocycles. The average Bonchev–Trinajstić information content (AvgIpc) is 3.13. The normalized spacial score (nSPS) is 24.7. The molecule has 2 N–H and O–H groups in total. The smallest absolute Gasteiger partial charge is 0.227 e. The lowest BCUT2D eigenvalue weighted by Crippen LogP contribution is -2.48. The maximum absolute atomic E-state index is 13.0. The summed E-state index contributed by atoms with van der Waals surface area (Å²) in [5.74, 6) is 2.78. The summed E-state index contributed by atoms with van der Waals surface area (Å²) in [7, 11) is 4.88. The predicted octanol–water partition coefficient (Wildman–Crippen LogP) is 2.15. The lowest BCUT2D eigenvalue weighted by molar-refractivity contribution is -0.133. The quantitative estimate of drug-likeness (QED) is 0.778. The van der Waals surface area contributed by atoms with E-state index < -0.39 is 0 Å². The fourth-order valence-corrected chi connectivity index (χ4v) is 4.49. The van der Waals surface area contributed by atoms with Crippen molar-refractivity contribution in [3.05, 3.63) is 17.7 Å². The molecule has 0 radical (unpaired) electrons. The zero-order valence-corrected chi connectivity index (χ0v) is 16.0. The second-order valence-corrected chi connectivity index (χ2v) is 7.25. The molecule has 2 aliphatic rings. The third-order valence-corrected chi connectivity index (χ3v) is 5.97. The number of rotatable bonds is 7. The molecule has 2 fully saturated rings. The molecule has 144 valence electrons. The van der Waals surface area contributed by atoms with Gasteiger partial charge in [0, 0.05) is 30.8 Å². The second-order valence-electron chi connectivity index (χ2n) is 7.25. The summed E-state index contributed by atoms with van der Waals surface area (Å²) in [5.41, 5.74) is 0.727. The molecule has 1 saturated heterocycles.